The summed E-state index contributed by atoms with van der Waals surface area (Å²) in [6.07, 6.45) is 6.33. The van der Waals surface area contributed by atoms with Crippen molar-refractivity contribution in [3.05, 3.63) is 23.3 Å². The average Bonchev–Trinajstić information content (AvgIpc) is 2.05. The molecule has 1 rings (SSSR count). The number of rotatable bonds is 2. The molecule has 1 aliphatic rings. The highest BCUT2D eigenvalue weighted by Gasteiger charge is 2.03. The van der Waals surface area contributed by atoms with Gasteiger partial charge in [0.05, 0.1) is 0 Å². The molecule has 0 saturated carbocycles. The van der Waals surface area contributed by atoms with Crippen LogP contribution in [0, 0.1) is 0 Å². The van der Waals surface area contributed by atoms with E-state index in [0.29, 0.717) is 11.8 Å². The molecule has 0 N–H and O–H groups in total. The van der Waals surface area contributed by atoms with E-state index in [9.17, 15) is 0 Å². The SMILES string of the molecule is ClCC1=CC=C(CCl)CC1. The summed E-state index contributed by atoms with van der Waals surface area (Å²) in [4.78, 5) is 0. The van der Waals surface area contributed by atoms with Gasteiger partial charge in [0.15, 0.2) is 0 Å². The Morgan fingerprint density at radius 2 is 1.40 bits per heavy atom. The van der Waals surface area contributed by atoms with Gasteiger partial charge in [-0.25, -0.2) is 0 Å². The zero-order valence-corrected chi connectivity index (χ0v) is 7.25. The molecule has 0 bridgehead atoms. The normalized spacial score (nSPS) is 18.2. The second kappa shape index (κ2) is 4.05. The second-order valence-corrected chi connectivity index (χ2v) is 2.95. The van der Waals surface area contributed by atoms with Crippen LogP contribution in [0.5, 0.6) is 0 Å². The van der Waals surface area contributed by atoms with Crippen LogP contribution in [0.4, 0.5) is 0 Å². The quantitative estimate of drug-likeness (QED) is 0.568. The van der Waals surface area contributed by atoms with Gasteiger partial charge in [-0.15, -0.1) is 23.2 Å². The molecule has 1 aliphatic carbocycles. The number of hydrogen-bond acceptors (Lipinski definition) is 0. The molecular formula is C8H10Cl2. The van der Waals surface area contributed by atoms with Gasteiger partial charge in [-0.3, -0.25) is 0 Å². The maximum Gasteiger partial charge on any atom is 0.0436 e. The molecule has 0 radical (unpaired) electrons. The minimum atomic E-state index is 0.659. The first-order valence-corrected chi connectivity index (χ1v) is 4.43. The van der Waals surface area contributed by atoms with Crippen LogP contribution in [0.25, 0.3) is 0 Å². The zero-order valence-electron chi connectivity index (χ0n) is 5.74. The molecule has 0 aromatic rings. The van der Waals surface area contributed by atoms with E-state index in [2.05, 4.69) is 12.2 Å². The lowest BCUT2D eigenvalue weighted by molar-refractivity contribution is 0.910. The highest BCUT2D eigenvalue weighted by molar-refractivity contribution is 6.20. The van der Waals surface area contributed by atoms with Crippen molar-refractivity contribution < 1.29 is 0 Å². The van der Waals surface area contributed by atoms with Crippen LogP contribution in [0.15, 0.2) is 23.3 Å². The highest BCUT2D eigenvalue weighted by atomic mass is 35.5. The van der Waals surface area contributed by atoms with Crippen LogP contribution in [-0.2, 0) is 0 Å². The van der Waals surface area contributed by atoms with Gasteiger partial charge in [0.25, 0.3) is 0 Å². The minimum Gasteiger partial charge on any atom is -0.122 e. The fourth-order valence-corrected chi connectivity index (χ4v) is 1.39. The third-order valence-electron chi connectivity index (χ3n) is 1.67. The van der Waals surface area contributed by atoms with Crippen molar-refractivity contribution in [3.63, 3.8) is 0 Å². The van der Waals surface area contributed by atoms with E-state index < -0.39 is 0 Å². The molecule has 0 unspecified atom stereocenters. The fraction of sp³-hybridized carbons (Fsp3) is 0.500. The summed E-state index contributed by atoms with van der Waals surface area (Å²) < 4.78 is 0. The third-order valence-corrected chi connectivity index (χ3v) is 2.35. The van der Waals surface area contributed by atoms with Gasteiger partial charge >= 0.3 is 0 Å². The van der Waals surface area contributed by atoms with Gasteiger partial charge in [0, 0.05) is 11.8 Å². The van der Waals surface area contributed by atoms with Crippen LogP contribution in [0.3, 0.4) is 0 Å². The first kappa shape index (κ1) is 8.16. The van der Waals surface area contributed by atoms with Crippen molar-refractivity contribution in [2.24, 2.45) is 0 Å². The molecule has 0 nitrogen and oxygen atoms in total. The van der Waals surface area contributed by atoms with Crippen molar-refractivity contribution in [1.29, 1.82) is 0 Å². The molecule has 0 fully saturated rings. The van der Waals surface area contributed by atoms with Gasteiger partial charge in [0.1, 0.15) is 0 Å². The molecule has 0 saturated heterocycles. The van der Waals surface area contributed by atoms with Crippen molar-refractivity contribution in [2.45, 2.75) is 12.8 Å². The maximum atomic E-state index is 5.64. The molecule has 56 valence electrons. The summed E-state index contributed by atoms with van der Waals surface area (Å²) in [6, 6.07) is 0. The fourth-order valence-electron chi connectivity index (χ4n) is 0.946. The van der Waals surface area contributed by atoms with Gasteiger partial charge in [-0.1, -0.05) is 23.3 Å². The van der Waals surface area contributed by atoms with E-state index in [4.69, 9.17) is 23.2 Å². The monoisotopic (exact) mass is 176 g/mol. The lowest BCUT2D eigenvalue weighted by Crippen LogP contribution is -1.95. The summed E-state index contributed by atoms with van der Waals surface area (Å²) >= 11 is 11.3. The Morgan fingerprint density at radius 1 is 1.00 bits per heavy atom. The van der Waals surface area contributed by atoms with Crippen molar-refractivity contribution in [2.75, 3.05) is 11.8 Å². The predicted molar refractivity (Wildman–Crippen MR) is 46.8 cm³/mol. The molecule has 2 heteroatoms. The average molecular weight is 177 g/mol. The summed E-state index contributed by atoms with van der Waals surface area (Å²) in [7, 11) is 0. The Balaban J connectivity index is 2.55. The number of halogens is 2. The number of alkyl halides is 2. The molecule has 0 aromatic heterocycles. The van der Waals surface area contributed by atoms with Gasteiger partial charge < -0.3 is 0 Å². The zero-order chi connectivity index (χ0) is 7.40. The van der Waals surface area contributed by atoms with E-state index in [0.717, 1.165) is 12.8 Å². The summed E-state index contributed by atoms with van der Waals surface area (Å²) in [6.45, 7) is 0. The molecule has 0 amide bonds. The van der Waals surface area contributed by atoms with E-state index in [1.54, 1.807) is 0 Å². The molecule has 10 heavy (non-hydrogen) atoms. The van der Waals surface area contributed by atoms with Crippen LogP contribution in [-0.4, -0.2) is 11.8 Å². The summed E-state index contributed by atoms with van der Waals surface area (Å²) in [5, 5.41) is 0. The molecule has 0 aromatic carbocycles. The molecule has 0 heterocycles. The summed E-state index contributed by atoms with van der Waals surface area (Å²) in [5.74, 6) is 1.32. The molecule has 0 aliphatic heterocycles. The Labute approximate surface area is 71.5 Å². The Bertz CT molecular complexity index is 148. The maximum absolute atomic E-state index is 5.64. The first-order valence-electron chi connectivity index (χ1n) is 3.36. The standard InChI is InChI=1S/C8H10Cl2/c9-5-7-1-2-8(6-10)4-3-7/h1-2H,3-6H2. The van der Waals surface area contributed by atoms with Crippen LogP contribution < -0.4 is 0 Å². The third kappa shape index (κ3) is 2.03. The Morgan fingerprint density at radius 3 is 1.60 bits per heavy atom. The molecule has 0 atom stereocenters. The van der Waals surface area contributed by atoms with Crippen molar-refractivity contribution in [3.8, 4) is 0 Å². The Hall–Kier alpha value is 0.0600. The van der Waals surface area contributed by atoms with Gasteiger partial charge in [-0.05, 0) is 12.8 Å². The highest BCUT2D eigenvalue weighted by Crippen LogP contribution is 2.19. The molecular weight excluding hydrogens is 167 g/mol. The lowest BCUT2D eigenvalue weighted by atomic mass is 10.0. The lowest BCUT2D eigenvalue weighted by Gasteiger charge is -2.09. The number of hydrogen-bond donors (Lipinski definition) is 0. The predicted octanol–water partition coefficient (Wildman–Crippen LogP) is 3.11. The van der Waals surface area contributed by atoms with Crippen LogP contribution in [0.1, 0.15) is 12.8 Å². The summed E-state index contributed by atoms with van der Waals surface area (Å²) in [5.41, 5.74) is 2.63. The van der Waals surface area contributed by atoms with Gasteiger partial charge in [-0.2, -0.15) is 0 Å². The van der Waals surface area contributed by atoms with Crippen LogP contribution in [0.2, 0.25) is 0 Å². The molecule has 0 spiro atoms. The number of allylic oxidation sites excluding steroid dienone is 4. The van der Waals surface area contributed by atoms with Gasteiger partial charge in [0.2, 0.25) is 0 Å². The van der Waals surface area contributed by atoms with E-state index >= 15 is 0 Å². The topological polar surface area (TPSA) is 0 Å². The van der Waals surface area contributed by atoms with Crippen LogP contribution >= 0.6 is 23.2 Å². The smallest absolute Gasteiger partial charge is 0.0436 e. The Kier molecular flexibility index (Phi) is 3.30. The second-order valence-electron chi connectivity index (χ2n) is 2.42. The first-order chi connectivity index (χ1) is 4.86. The van der Waals surface area contributed by atoms with Crippen molar-refractivity contribution >= 4 is 23.2 Å². The van der Waals surface area contributed by atoms with E-state index in [1.807, 2.05) is 0 Å². The minimum absolute atomic E-state index is 0.659. The van der Waals surface area contributed by atoms with E-state index in [1.165, 1.54) is 11.1 Å². The van der Waals surface area contributed by atoms with E-state index in [-0.39, 0.29) is 0 Å². The van der Waals surface area contributed by atoms with Crippen molar-refractivity contribution in [1.82, 2.24) is 0 Å². The largest absolute Gasteiger partial charge is 0.122 e.